The van der Waals surface area contributed by atoms with Gasteiger partial charge in [-0.3, -0.25) is 0 Å². The van der Waals surface area contributed by atoms with Crippen molar-refractivity contribution in [3.63, 3.8) is 0 Å². The van der Waals surface area contributed by atoms with E-state index in [0.29, 0.717) is 11.4 Å². The Morgan fingerprint density at radius 1 is 1.40 bits per heavy atom. The first-order valence-electron chi connectivity index (χ1n) is 4.12. The van der Waals surface area contributed by atoms with E-state index in [-0.39, 0.29) is 5.75 Å². The smallest absolute Gasteiger partial charge is 0.422 e. The molecule has 0 aliphatic heterocycles. The predicted octanol–water partition coefficient (Wildman–Crippen LogP) is 2.34. The van der Waals surface area contributed by atoms with E-state index in [1.807, 2.05) is 0 Å². The van der Waals surface area contributed by atoms with Crippen LogP contribution in [0.3, 0.4) is 0 Å². The minimum Gasteiger partial charge on any atom is -0.482 e. The van der Waals surface area contributed by atoms with Gasteiger partial charge in [0.05, 0.1) is 13.3 Å². The van der Waals surface area contributed by atoms with Crippen LogP contribution in [0.25, 0.3) is 0 Å². The lowest BCUT2D eigenvalue weighted by Gasteiger charge is -2.11. The van der Waals surface area contributed by atoms with Gasteiger partial charge in [0.2, 0.25) is 5.88 Å². The Labute approximate surface area is 84.8 Å². The molecule has 0 saturated carbocycles. The zero-order valence-electron chi connectivity index (χ0n) is 8.26. The SMILES string of the molecule is COc1cc(C)c(OCC(F)(F)F)cn1. The summed E-state index contributed by atoms with van der Waals surface area (Å²) >= 11 is 0. The molecule has 1 heterocycles. The van der Waals surface area contributed by atoms with Crippen LogP contribution in [-0.4, -0.2) is 24.9 Å². The van der Waals surface area contributed by atoms with Crippen molar-refractivity contribution in [1.82, 2.24) is 4.98 Å². The van der Waals surface area contributed by atoms with Gasteiger partial charge in [-0.25, -0.2) is 4.98 Å². The van der Waals surface area contributed by atoms with Crippen molar-refractivity contribution < 1.29 is 22.6 Å². The number of ether oxygens (including phenoxy) is 2. The van der Waals surface area contributed by atoms with E-state index in [1.54, 1.807) is 6.92 Å². The number of aromatic nitrogens is 1. The second-order valence-corrected chi connectivity index (χ2v) is 2.90. The Morgan fingerprint density at radius 2 is 2.07 bits per heavy atom. The number of pyridine rings is 1. The first-order valence-corrected chi connectivity index (χ1v) is 4.12. The molecule has 0 spiro atoms. The van der Waals surface area contributed by atoms with E-state index in [0.717, 1.165) is 0 Å². The largest absolute Gasteiger partial charge is 0.482 e. The molecule has 3 nitrogen and oxygen atoms in total. The van der Waals surface area contributed by atoms with Gasteiger partial charge in [-0.15, -0.1) is 0 Å². The normalized spacial score (nSPS) is 11.3. The molecular formula is C9H10F3NO2. The van der Waals surface area contributed by atoms with Crippen LogP contribution in [0.5, 0.6) is 11.6 Å². The van der Waals surface area contributed by atoms with Gasteiger partial charge in [-0.05, 0) is 12.5 Å². The molecule has 0 aliphatic rings. The Kier molecular flexibility index (Phi) is 3.39. The molecule has 0 bridgehead atoms. The molecule has 6 heteroatoms. The number of aryl methyl sites for hydroxylation is 1. The number of nitrogens with zero attached hydrogens (tertiary/aromatic N) is 1. The maximum atomic E-state index is 11.8. The number of methoxy groups -OCH3 is 1. The maximum absolute atomic E-state index is 11.8. The fraction of sp³-hybridized carbons (Fsp3) is 0.444. The van der Waals surface area contributed by atoms with Crippen molar-refractivity contribution in [2.24, 2.45) is 0 Å². The van der Waals surface area contributed by atoms with Crippen LogP contribution in [0.1, 0.15) is 5.56 Å². The Balaban J connectivity index is 2.70. The van der Waals surface area contributed by atoms with E-state index < -0.39 is 12.8 Å². The monoisotopic (exact) mass is 221 g/mol. The molecule has 0 N–H and O–H groups in total. The second kappa shape index (κ2) is 4.37. The van der Waals surface area contributed by atoms with Crippen molar-refractivity contribution >= 4 is 0 Å². The van der Waals surface area contributed by atoms with E-state index in [2.05, 4.69) is 9.72 Å². The van der Waals surface area contributed by atoms with Crippen molar-refractivity contribution in [1.29, 1.82) is 0 Å². The van der Waals surface area contributed by atoms with Gasteiger partial charge < -0.3 is 9.47 Å². The molecule has 0 aliphatic carbocycles. The van der Waals surface area contributed by atoms with Gasteiger partial charge in [-0.2, -0.15) is 13.2 Å². The molecule has 0 saturated heterocycles. The van der Waals surface area contributed by atoms with Crippen molar-refractivity contribution in [3.05, 3.63) is 17.8 Å². The average molecular weight is 221 g/mol. The summed E-state index contributed by atoms with van der Waals surface area (Å²) in [6.45, 7) is 0.303. The van der Waals surface area contributed by atoms with E-state index in [1.165, 1.54) is 19.4 Å². The molecule has 0 unspecified atom stereocenters. The highest BCUT2D eigenvalue weighted by Crippen LogP contribution is 2.23. The molecule has 1 rings (SSSR count). The van der Waals surface area contributed by atoms with E-state index >= 15 is 0 Å². The summed E-state index contributed by atoms with van der Waals surface area (Å²) in [5.41, 5.74) is 0.547. The Bertz CT molecular complexity index is 339. The molecule has 84 valence electrons. The van der Waals surface area contributed by atoms with Crippen LogP contribution in [0.4, 0.5) is 13.2 Å². The van der Waals surface area contributed by atoms with E-state index in [4.69, 9.17) is 4.74 Å². The van der Waals surface area contributed by atoms with Gasteiger partial charge in [0, 0.05) is 6.07 Å². The van der Waals surface area contributed by atoms with Crippen molar-refractivity contribution in [2.75, 3.05) is 13.7 Å². The quantitative estimate of drug-likeness (QED) is 0.785. The third-order valence-corrected chi connectivity index (χ3v) is 1.64. The highest BCUT2D eigenvalue weighted by Gasteiger charge is 2.28. The summed E-state index contributed by atoms with van der Waals surface area (Å²) in [7, 11) is 1.43. The summed E-state index contributed by atoms with van der Waals surface area (Å²) in [5.74, 6) is 0.444. The minimum absolute atomic E-state index is 0.105. The van der Waals surface area contributed by atoms with Gasteiger partial charge in [0.1, 0.15) is 5.75 Å². The van der Waals surface area contributed by atoms with Crippen molar-refractivity contribution in [3.8, 4) is 11.6 Å². The fourth-order valence-corrected chi connectivity index (χ4v) is 0.940. The lowest BCUT2D eigenvalue weighted by molar-refractivity contribution is -0.153. The third kappa shape index (κ3) is 3.65. The lowest BCUT2D eigenvalue weighted by Crippen LogP contribution is -2.19. The first kappa shape index (κ1) is 11.6. The lowest BCUT2D eigenvalue weighted by atomic mass is 10.3. The average Bonchev–Trinajstić information content (AvgIpc) is 2.14. The van der Waals surface area contributed by atoms with Crippen LogP contribution >= 0.6 is 0 Å². The number of alkyl halides is 3. The Hall–Kier alpha value is -1.46. The highest BCUT2D eigenvalue weighted by molar-refractivity contribution is 5.33. The zero-order chi connectivity index (χ0) is 11.5. The standard InChI is InChI=1S/C9H10F3NO2/c1-6-3-8(14-2)13-4-7(6)15-5-9(10,11)12/h3-4H,5H2,1-2H3. The molecule has 0 aromatic carbocycles. The van der Waals surface area contributed by atoms with Crippen LogP contribution in [0.15, 0.2) is 12.3 Å². The molecule has 0 radical (unpaired) electrons. The molecule has 0 fully saturated rings. The number of hydrogen-bond donors (Lipinski definition) is 0. The number of rotatable bonds is 3. The number of hydrogen-bond acceptors (Lipinski definition) is 3. The molecule has 1 aromatic rings. The molecule has 1 aromatic heterocycles. The van der Waals surface area contributed by atoms with Gasteiger partial charge in [-0.1, -0.05) is 0 Å². The third-order valence-electron chi connectivity index (χ3n) is 1.64. The van der Waals surface area contributed by atoms with E-state index in [9.17, 15) is 13.2 Å². The summed E-state index contributed by atoms with van der Waals surface area (Å²) in [6, 6.07) is 1.51. The molecule has 0 atom stereocenters. The first-order chi connectivity index (χ1) is 6.92. The van der Waals surface area contributed by atoms with Crippen LogP contribution < -0.4 is 9.47 Å². The van der Waals surface area contributed by atoms with Crippen molar-refractivity contribution in [2.45, 2.75) is 13.1 Å². The summed E-state index contributed by atoms with van der Waals surface area (Å²) in [4.78, 5) is 3.74. The summed E-state index contributed by atoms with van der Waals surface area (Å²) in [6.07, 6.45) is -3.13. The number of halogens is 3. The summed E-state index contributed by atoms with van der Waals surface area (Å²) < 4.78 is 44.9. The van der Waals surface area contributed by atoms with Gasteiger partial charge >= 0.3 is 6.18 Å². The zero-order valence-corrected chi connectivity index (χ0v) is 8.26. The van der Waals surface area contributed by atoms with Gasteiger partial charge in [0.15, 0.2) is 6.61 Å². The maximum Gasteiger partial charge on any atom is 0.422 e. The highest BCUT2D eigenvalue weighted by atomic mass is 19.4. The Morgan fingerprint density at radius 3 is 2.53 bits per heavy atom. The van der Waals surface area contributed by atoms with Crippen LogP contribution in [0.2, 0.25) is 0 Å². The molecule has 15 heavy (non-hydrogen) atoms. The van der Waals surface area contributed by atoms with Crippen LogP contribution in [-0.2, 0) is 0 Å². The molecule has 0 amide bonds. The topological polar surface area (TPSA) is 31.4 Å². The molecular weight excluding hydrogens is 211 g/mol. The second-order valence-electron chi connectivity index (χ2n) is 2.90. The van der Waals surface area contributed by atoms with Crippen LogP contribution in [0, 0.1) is 6.92 Å². The fourth-order valence-electron chi connectivity index (χ4n) is 0.940. The predicted molar refractivity (Wildman–Crippen MR) is 47.1 cm³/mol. The minimum atomic E-state index is -4.34. The summed E-state index contributed by atoms with van der Waals surface area (Å²) in [5, 5.41) is 0. The van der Waals surface area contributed by atoms with Gasteiger partial charge in [0.25, 0.3) is 0 Å².